The van der Waals surface area contributed by atoms with E-state index >= 15 is 0 Å². The fraction of sp³-hybridized carbons (Fsp3) is 0.714. The Kier molecular flexibility index (Phi) is 1.39. The SMILES string of the molecule is CC(=O)C1(C=O)CCC1. The highest BCUT2D eigenvalue weighted by Crippen LogP contribution is 2.39. The number of ketones is 1. The van der Waals surface area contributed by atoms with Gasteiger partial charge in [-0.05, 0) is 19.8 Å². The first-order valence-electron chi connectivity index (χ1n) is 3.19. The van der Waals surface area contributed by atoms with E-state index < -0.39 is 5.41 Å². The van der Waals surface area contributed by atoms with Crippen LogP contribution in [-0.4, -0.2) is 12.1 Å². The molecule has 0 saturated heterocycles. The highest BCUT2D eigenvalue weighted by molar-refractivity contribution is 5.97. The van der Waals surface area contributed by atoms with Crippen molar-refractivity contribution in [3.05, 3.63) is 0 Å². The van der Waals surface area contributed by atoms with Crippen molar-refractivity contribution in [1.29, 1.82) is 0 Å². The maximum Gasteiger partial charge on any atom is 0.143 e. The number of aldehydes is 1. The number of Topliss-reactive ketones (excluding diaryl/α,β-unsaturated/α-hetero) is 1. The maximum absolute atomic E-state index is 10.7. The van der Waals surface area contributed by atoms with Gasteiger partial charge in [-0.3, -0.25) is 4.79 Å². The standard InChI is InChI=1S/C7H10O2/c1-6(9)7(5-8)3-2-4-7/h5H,2-4H2,1H3. The highest BCUT2D eigenvalue weighted by Gasteiger charge is 2.41. The average molecular weight is 126 g/mol. The number of hydrogen-bond donors (Lipinski definition) is 0. The average Bonchev–Trinajstić information content (AvgIpc) is 1.62. The van der Waals surface area contributed by atoms with Crippen molar-refractivity contribution in [2.24, 2.45) is 5.41 Å². The van der Waals surface area contributed by atoms with Gasteiger partial charge in [0.25, 0.3) is 0 Å². The molecule has 0 bridgehead atoms. The minimum Gasteiger partial charge on any atom is -0.302 e. The van der Waals surface area contributed by atoms with Crippen LogP contribution in [0.4, 0.5) is 0 Å². The monoisotopic (exact) mass is 126 g/mol. The molecule has 1 aliphatic rings. The normalized spacial score (nSPS) is 22.3. The second-order valence-electron chi connectivity index (χ2n) is 2.68. The lowest BCUT2D eigenvalue weighted by Gasteiger charge is -2.33. The van der Waals surface area contributed by atoms with Crippen molar-refractivity contribution >= 4 is 12.1 Å². The topological polar surface area (TPSA) is 34.1 Å². The molecule has 1 fully saturated rings. The molecule has 50 valence electrons. The van der Waals surface area contributed by atoms with Crippen LogP contribution >= 0.6 is 0 Å². The molecule has 0 atom stereocenters. The van der Waals surface area contributed by atoms with Gasteiger partial charge in [0.2, 0.25) is 0 Å². The van der Waals surface area contributed by atoms with Crippen molar-refractivity contribution in [2.45, 2.75) is 26.2 Å². The van der Waals surface area contributed by atoms with Crippen LogP contribution in [0.15, 0.2) is 0 Å². The zero-order valence-electron chi connectivity index (χ0n) is 5.52. The van der Waals surface area contributed by atoms with Gasteiger partial charge >= 0.3 is 0 Å². The lowest BCUT2D eigenvalue weighted by atomic mass is 9.67. The smallest absolute Gasteiger partial charge is 0.143 e. The fourth-order valence-corrected chi connectivity index (χ4v) is 1.11. The summed E-state index contributed by atoms with van der Waals surface area (Å²) in [6.45, 7) is 1.49. The van der Waals surface area contributed by atoms with Crippen LogP contribution < -0.4 is 0 Å². The third-order valence-electron chi connectivity index (χ3n) is 2.17. The summed E-state index contributed by atoms with van der Waals surface area (Å²) in [5.41, 5.74) is -0.556. The van der Waals surface area contributed by atoms with Crippen LogP contribution in [0.25, 0.3) is 0 Å². The predicted molar refractivity (Wildman–Crippen MR) is 33.0 cm³/mol. The van der Waals surface area contributed by atoms with Gasteiger partial charge in [-0.25, -0.2) is 0 Å². The molecular formula is C7H10O2. The fourth-order valence-electron chi connectivity index (χ4n) is 1.11. The Bertz CT molecular complexity index is 145. The Hall–Kier alpha value is -0.660. The molecule has 1 saturated carbocycles. The Morgan fingerprint density at radius 3 is 2.11 bits per heavy atom. The van der Waals surface area contributed by atoms with Crippen LogP contribution in [0.5, 0.6) is 0 Å². The van der Waals surface area contributed by atoms with Gasteiger partial charge in [0.1, 0.15) is 12.1 Å². The second-order valence-corrected chi connectivity index (χ2v) is 2.68. The number of hydrogen-bond acceptors (Lipinski definition) is 2. The van der Waals surface area contributed by atoms with Crippen LogP contribution in [0.3, 0.4) is 0 Å². The summed E-state index contributed by atoms with van der Waals surface area (Å²) in [4.78, 5) is 21.1. The molecule has 0 heterocycles. The van der Waals surface area contributed by atoms with Crippen LogP contribution in [-0.2, 0) is 9.59 Å². The third-order valence-corrected chi connectivity index (χ3v) is 2.17. The van der Waals surface area contributed by atoms with E-state index in [-0.39, 0.29) is 5.78 Å². The van der Waals surface area contributed by atoms with Gasteiger partial charge in [0.05, 0.1) is 5.41 Å². The van der Waals surface area contributed by atoms with Gasteiger partial charge in [-0.1, -0.05) is 6.42 Å². The zero-order valence-corrected chi connectivity index (χ0v) is 5.52. The predicted octanol–water partition coefficient (Wildman–Crippen LogP) is 0.945. The number of carbonyl (C=O) groups is 2. The van der Waals surface area contributed by atoms with E-state index in [9.17, 15) is 9.59 Å². The molecule has 0 aromatic heterocycles. The van der Waals surface area contributed by atoms with E-state index in [0.29, 0.717) is 0 Å². The molecule has 0 radical (unpaired) electrons. The first-order valence-corrected chi connectivity index (χ1v) is 3.19. The molecule has 0 amide bonds. The number of rotatable bonds is 2. The Labute approximate surface area is 54.2 Å². The maximum atomic E-state index is 10.7. The summed E-state index contributed by atoms with van der Waals surface area (Å²) < 4.78 is 0. The van der Waals surface area contributed by atoms with Crippen molar-refractivity contribution in [3.63, 3.8) is 0 Å². The molecule has 9 heavy (non-hydrogen) atoms. The van der Waals surface area contributed by atoms with Gasteiger partial charge in [-0.2, -0.15) is 0 Å². The molecule has 0 aromatic rings. The highest BCUT2D eigenvalue weighted by atomic mass is 16.1. The van der Waals surface area contributed by atoms with Crippen molar-refractivity contribution in [3.8, 4) is 0 Å². The number of carbonyl (C=O) groups excluding carboxylic acids is 2. The van der Waals surface area contributed by atoms with E-state index in [1.54, 1.807) is 0 Å². The Balaban J connectivity index is 2.68. The first-order chi connectivity index (χ1) is 4.21. The summed E-state index contributed by atoms with van der Waals surface area (Å²) in [5, 5.41) is 0. The molecule has 2 nitrogen and oxygen atoms in total. The lowest BCUT2D eigenvalue weighted by Crippen LogP contribution is -2.37. The summed E-state index contributed by atoms with van der Waals surface area (Å²) in [6, 6.07) is 0. The van der Waals surface area contributed by atoms with Gasteiger partial charge in [0, 0.05) is 0 Å². The van der Waals surface area contributed by atoms with Crippen molar-refractivity contribution in [2.75, 3.05) is 0 Å². The molecule has 0 unspecified atom stereocenters. The van der Waals surface area contributed by atoms with Crippen LogP contribution in [0.2, 0.25) is 0 Å². The molecule has 0 aromatic carbocycles. The van der Waals surface area contributed by atoms with E-state index in [4.69, 9.17) is 0 Å². The summed E-state index contributed by atoms with van der Waals surface area (Å²) in [5.74, 6) is 0.0313. The summed E-state index contributed by atoms with van der Waals surface area (Å²) in [6.07, 6.45) is 3.37. The van der Waals surface area contributed by atoms with Crippen LogP contribution in [0.1, 0.15) is 26.2 Å². The molecule has 2 heteroatoms. The largest absolute Gasteiger partial charge is 0.302 e. The second kappa shape index (κ2) is 1.94. The van der Waals surface area contributed by atoms with E-state index in [0.717, 1.165) is 25.5 Å². The van der Waals surface area contributed by atoms with E-state index in [1.165, 1.54) is 6.92 Å². The molecule has 0 aliphatic heterocycles. The van der Waals surface area contributed by atoms with E-state index in [1.807, 2.05) is 0 Å². The Morgan fingerprint density at radius 2 is 2.11 bits per heavy atom. The summed E-state index contributed by atoms with van der Waals surface area (Å²) in [7, 11) is 0. The summed E-state index contributed by atoms with van der Waals surface area (Å²) >= 11 is 0. The molecule has 0 N–H and O–H groups in total. The quantitative estimate of drug-likeness (QED) is 0.407. The minimum absolute atomic E-state index is 0.0313. The molecular weight excluding hydrogens is 116 g/mol. The molecule has 1 rings (SSSR count). The van der Waals surface area contributed by atoms with Gasteiger partial charge < -0.3 is 4.79 Å². The van der Waals surface area contributed by atoms with Crippen molar-refractivity contribution in [1.82, 2.24) is 0 Å². The van der Waals surface area contributed by atoms with Gasteiger partial charge in [-0.15, -0.1) is 0 Å². The van der Waals surface area contributed by atoms with Crippen LogP contribution in [0, 0.1) is 5.41 Å². The molecule has 1 aliphatic carbocycles. The first kappa shape index (κ1) is 6.46. The third kappa shape index (κ3) is 0.784. The lowest BCUT2D eigenvalue weighted by molar-refractivity contribution is -0.138. The molecule has 0 spiro atoms. The zero-order chi connectivity index (χ0) is 6.91. The van der Waals surface area contributed by atoms with Crippen molar-refractivity contribution < 1.29 is 9.59 Å². The minimum atomic E-state index is -0.556. The van der Waals surface area contributed by atoms with Gasteiger partial charge in [0.15, 0.2) is 0 Å². The Morgan fingerprint density at radius 1 is 1.56 bits per heavy atom. The van der Waals surface area contributed by atoms with E-state index in [2.05, 4.69) is 0 Å².